The van der Waals surface area contributed by atoms with Crippen molar-refractivity contribution in [3.8, 4) is 0 Å². The predicted octanol–water partition coefficient (Wildman–Crippen LogP) is 7.40. The molecule has 0 saturated heterocycles. The number of hydrazone groups is 1. The zero-order valence-corrected chi connectivity index (χ0v) is 24.0. The van der Waals surface area contributed by atoms with Gasteiger partial charge in [0.15, 0.2) is 5.54 Å². The third-order valence-corrected chi connectivity index (χ3v) is 8.10. The zero-order valence-electron chi connectivity index (χ0n) is 21.0. The van der Waals surface area contributed by atoms with Crippen LogP contribution in [0.1, 0.15) is 37.3 Å². The third kappa shape index (κ3) is 4.80. The summed E-state index contributed by atoms with van der Waals surface area (Å²) in [6, 6.07) is 19.2. The van der Waals surface area contributed by atoms with E-state index in [1.165, 1.54) is 0 Å². The van der Waals surface area contributed by atoms with Crippen molar-refractivity contribution in [3.63, 3.8) is 0 Å². The summed E-state index contributed by atoms with van der Waals surface area (Å²) in [7, 11) is 0. The van der Waals surface area contributed by atoms with Crippen LogP contribution in [-0.2, 0) is 14.3 Å². The Morgan fingerprint density at radius 1 is 1.00 bits per heavy atom. The van der Waals surface area contributed by atoms with Gasteiger partial charge in [-0.25, -0.2) is 9.80 Å². The highest BCUT2D eigenvalue weighted by Crippen LogP contribution is 2.53. The van der Waals surface area contributed by atoms with Crippen molar-refractivity contribution < 1.29 is 14.3 Å². The van der Waals surface area contributed by atoms with Crippen LogP contribution >= 0.6 is 46.4 Å². The maximum atomic E-state index is 14.3. The van der Waals surface area contributed by atoms with Crippen LogP contribution in [0.4, 0.5) is 5.69 Å². The van der Waals surface area contributed by atoms with Crippen LogP contribution in [0, 0.1) is 0 Å². The van der Waals surface area contributed by atoms with Gasteiger partial charge in [0.1, 0.15) is 0 Å². The molecule has 1 N–H and O–H groups in total. The number of carbonyl (C=O) groups excluding carboxylic acids is 2. The van der Waals surface area contributed by atoms with Crippen LogP contribution in [0.2, 0.25) is 20.1 Å². The maximum Gasteiger partial charge on any atom is 0.336 e. The maximum absolute atomic E-state index is 14.3. The molecule has 0 radical (unpaired) electrons. The lowest BCUT2D eigenvalue weighted by Gasteiger charge is -2.46. The van der Waals surface area contributed by atoms with Crippen molar-refractivity contribution in [1.82, 2.24) is 5.32 Å². The van der Waals surface area contributed by atoms with Gasteiger partial charge in [-0.2, -0.15) is 5.10 Å². The molecule has 0 aromatic heterocycles. The molecule has 2 atom stereocenters. The van der Waals surface area contributed by atoms with Gasteiger partial charge in [0.05, 0.1) is 29.5 Å². The number of rotatable bonds is 5. The van der Waals surface area contributed by atoms with Gasteiger partial charge < -0.3 is 10.1 Å². The molecular formula is C29H23Cl4N3O3. The van der Waals surface area contributed by atoms with Crippen LogP contribution in [0.25, 0.3) is 0 Å². The van der Waals surface area contributed by atoms with Gasteiger partial charge in [-0.1, -0.05) is 64.6 Å². The van der Waals surface area contributed by atoms with E-state index in [1.807, 2.05) is 12.1 Å². The monoisotopic (exact) mass is 601 g/mol. The molecule has 1 amide bonds. The van der Waals surface area contributed by atoms with Gasteiger partial charge in [-0.15, -0.1) is 0 Å². The van der Waals surface area contributed by atoms with Gasteiger partial charge >= 0.3 is 5.97 Å². The highest BCUT2D eigenvalue weighted by atomic mass is 35.5. The van der Waals surface area contributed by atoms with E-state index in [0.717, 1.165) is 5.56 Å². The van der Waals surface area contributed by atoms with Gasteiger partial charge in [-0.05, 0) is 67.9 Å². The summed E-state index contributed by atoms with van der Waals surface area (Å²) < 4.78 is 5.48. The molecule has 3 aromatic carbocycles. The summed E-state index contributed by atoms with van der Waals surface area (Å²) in [5, 5.41) is 11.2. The second-order valence-electron chi connectivity index (χ2n) is 9.22. The van der Waals surface area contributed by atoms with Gasteiger partial charge in [-0.3, -0.25) is 4.79 Å². The molecule has 0 bridgehead atoms. The summed E-state index contributed by atoms with van der Waals surface area (Å²) >= 11 is 25.9. The summed E-state index contributed by atoms with van der Waals surface area (Å²) in [5.41, 5.74) is 1.56. The molecule has 39 heavy (non-hydrogen) atoms. The average molecular weight is 603 g/mol. The van der Waals surface area contributed by atoms with E-state index < -0.39 is 17.4 Å². The summed E-state index contributed by atoms with van der Waals surface area (Å²) in [4.78, 5) is 27.8. The van der Waals surface area contributed by atoms with Crippen molar-refractivity contribution in [2.24, 2.45) is 5.10 Å². The number of amides is 1. The number of anilines is 1. The first-order chi connectivity index (χ1) is 18.7. The minimum atomic E-state index is -1.47. The van der Waals surface area contributed by atoms with E-state index in [1.54, 1.807) is 73.5 Å². The topological polar surface area (TPSA) is 71.0 Å². The molecule has 0 unspecified atom stereocenters. The Hall–Kier alpha value is -3.03. The van der Waals surface area contributed by atoms with E-state index in [0.29, 0.717) is 42.8 Å². The van der Waals surface area contributed by atoms with Gasteiger partial charge in [0.25, 0.3) is 5.91 Å². The van der Waals surface area contributed by atoms with E-state index in [2.05, 4.69) is 5.32 Å². The normalized spacial score (nSPS) is 20.8. The number of allylic oxidation sites excluding steroid dienone is 1. The van der Waals surface area contributed by atoms with E-state index in [-0.39, 0.29) is 24.5 Å². The van der Waals surface area contributed by atoms with Crippen molar-refractivity contribution in [1.29, 1.82) is 0 Å². The van der Waals surface area contributed by atoms with Crippen molar-refractivity contribution >= 4 is 69.7 Å². The highest BCUT2D eigenvalue weighted by molar-refractivity contribution is 6.36. The van der Waals surface area contributed by atoms with E-state index in [9.17, 15) is 9.59 Å². The second kappa shape index (κ2) is 10.9. The van der Waals surface area contributed by atoms with Gasteiger partial charge in [0, 0.05) is 37.8 Å². The van der Waals surface area contributed by atoms with Crippen LogP contribution < -0.4 is 10.3 Å². The summed E-state index contributed by atoms with van der Waals surface area (Å²) in [5.74, 6) is -1.88. The Balaban J connectivity index is 1.82. The van der Waals surface area contributed by atoms with E-state index in [4.69, 9.17) is 56.2 Å². The van der Waals surface area contributed by atoms with Crippen LogP contribution in [0.5, 0.6) is 0 Å². The number of hydrogen-bond acceptors (Lipinski definition) is 5. The fourth-order valence-corrected chi connectivity index (χ4v) is 6.10. The fourth-order valence-electron chi connectivity index (χ4n) is 5.23. The van der Waals surface area contributed by atoms with Crippen molar-refractivity contribution in [2.75, 3.05) is 11.6 Å². The Morgan fingerprint density at radius 2 is 1.59 bits per heavy atom. The molecule has 2 aliphatic rings. The zero-order chi connectivity index (χ0) is 27.9. The number of ether oxygens (including phenoxy) is 1. The Labute approximate surface area is 246 Å². The lowest BCUT2D eigenvalue weighted by atomic mass is 9.68. The van der Waals surface area contributed by atoms with Gasteiger partial charge in [0.2, 0.25) is 0 Å². The number of benzene rings is 3. The molecule has 2 aliphatic heterocycles. The standard InChI is InChI=1S/C29H23Cl4N3O3/c1-3-39-27(37)24-16(2)34-28(38)29(26(24)25-21(32)5-4-6-22(25)33)15-23(17-7-9-18(30)10-8-17)35-36(29)20-13-11-19(31)12-14-20/h4-14,26H,3,15H2,1-2H3,(H,34,38)/t26-,29-/m1/s1. The Morgan fingerprint density at radius 3 is 2.18 bits per heavy atom. The molecule has 10 heteroatoms. The first kappa shape index (κ1) is 27.5. The van der Waals surface area contributed by atoms with Crippen LogP contribution in [0.3, 0.4) is 0 Å². The first-order valence-electron chi connectivity index (χ1n) is 12.2. The average Bonchev–Trinajstić information content (AvgIpc) is 3.29. The Kier molecular flexibility index (Phi) is 7.66. The van der Waals surface area contributed by atoms with E-state index >= 15 is 0 Å². The minimum absolute atomic E-state index is 0.130. The SMILES string of the molecule is CCOC(=O)C1=C(C)NC(=O)[C@@]2(CC(c3ccc(Cl)cc3)=NN2c2ccc(Cl)cc2)[C@H]1c1c(Cl)cccc1Cl. The number of hydrogen-bond donors (Lipinski definition) is 1. The third-order valence-electron chi connectivity index (χ3n) is 6.93. The molecule has 0 saturated carbocycles. The molecule has 0 aliphatic carbocycles. The predicted molar refractivity (Wildman–Crippen MR) is 156 cm³/mol. The minimum Gasteiger partial charge on any atom is -0.463 e. The lowest BCUT2D eigenvalue weighted by Crippen LogP contribution is -2.62. The van der Waals surface area contributed by atoms with Crippen molar-refractivity contribution in [2.45, 2.75) is 31.7 Å². The molecule has 1 spiro atoms. The molecule has 200 valence electrons. The number of esters is 1. The second-order valence-corrected chi connectivity index (χ2v) is 10.9. The number of carbonyl (C=O) groups is 2. The van der Waals surface area contributed by atoms with Crippen molar-refractivity contribution in [3.05, 3.63) is 109 Å². The van der Waals surface area contributed by atoms with Crippen LogP contribution in [-0.4, -0.2) is 29.7 Å². The number of nitrogens with one attached hydrogen (secondary N) is 1. The lowest BCUT2D eigenvalue weighted by molar-refractivity contribution is -0.139. The number of halogens is 4. The highest BCUT2D eigenvalue weighted by Gasteiger charge is 2.61. The molecule has 0 fully saturated rings. The molecular weight excluding hydrogens is 580 g/mol. The first-order valence-corrected chi connectivity index (χ1v) is 13.7. The quantitative estimate of drug-likeness (QED) is 0.309. The largest absolute Gasteiger partial charge is 0.463 e. The Bertz CT molecular complexity index is 1500. The summed E-state index contributed by atoms with van der Waals surface area (Å²) in [6.45, 7) is 3.53. The number of nitrogens with zero attached hydrogens (tertiary/aromatic N) is 2. The molecule has 2 heterocycles. The molecule has 3 aromatic rings. The smallest absolute Gasteiger partial charge is 0.336 e. The van der Waals surface area contributed by atoms with Crippen LogP contribution in [0.15, 0.2) is 83.1 Å². The molecule has 6 nitrogen and oxygen atoms in total. The fraction of sp³-hybridized carbons (Fsp3) is 0.207. The summed E-state index contributed by atoms with van der Waals surface area (Å²) in [6.07, 6.45) is 0.130. The molecule has 5 rings (SSSR count).